The Bertz CT molecular complexity index is 324. The molecule has 96 valence electrons. The van der Waals surface area contributed by atoms with Gasteiger partial charge in [0, 0.05) is 13.1 Å². The van der Waals surface area contributed by atoms with Gasteiger partial charge in [-0.15, -0.1) is 0 Å². The predicted molar refractivity (Wildman–Crippen MR) is 72.2 cm³/mol. The number of benzene rings is 1. The maximum atomic E-state index is 5.72. The van der Waals surface area contributed by atoms with Crippen molar-refractivity contribution in [1.82, 2.24) is 4.90 Å². The van der Waals surface area contributed by atoms with Crippen molar-refractivity contribution in [3.8, 4) is 5.75 Å². The first-order valence-corrected chi connectivity index (χ1v) is 6.21. The second kappa shape index (κ2) is 7.30. The summed E-state index contributed by atoms with van der Waals surface area (Å²) in [4.78, 5) is 2.32. The molecule has 0 aliphatic heterocycles. The molecule has 2 N–H and O–H groups in total. The van der Waals surface area contributed by atoms with Crippen molar-refractivity contribution in [2.24, 2.45) is 11.7 Å². The largest absolute Gasteiger partial charge is 0.497 e. The summed E-state index contributed by atoms with van der Waals surface area (Å²) in [6.45, 7) is 4.94. The van der Waals surface area contributed by atoms with Crippen LogP contribution >= 0.6 is 0 Å². The molecule has 0 bridgehead atoms. The Kier molecular flexibility index (Phi) is 6.01. The molecule has 3 heteroatoms. The molecule has 0 radical (unpaired) electrons. The lowest BCUT2D eigenvalue weighted by Crippen LogP contribution is -2.29. The fraction of sp³-hybridized carbons (Fsp3) is 0.571. The van der Waals surface area contributed by atoms with Crippen LogP contribution in [0.3, 0.4) is 0 Å². The maximum absolute atomic E-state index is 5.72. The molecule has 0 aliphatic carbocycles. The van der Waals surface area contributed by atoms with Gasteiger partial charge in [-0.05, 0) is 37.2 Å². The van der Waals surface area contributed by atoms with E-state index in [2.05, 4.69) is 31.0 Å². The molecule has 1 atom stereocenters. The van der Waals surface area contributed by atoms with Crippen LogP contribution in [0.4, 0.5) is 0 Å². The van der Waals surface area contributed by atoms with Gasteiger partial charge in [-0.3, -0.25) is 0 Å². The highest BCUT2D eigenvalue weighted by Crippen LogP contribution is 2.14. The van der Waals surface area contributed by atoms with E-state index in [1.807, 2.05) is 12.1 Å². The average molecular weight is 236 g/mol. The van der Waals surface area contributed by atoms with Crippen LogP contribution in [-0.4, -0.2) is 32.1 Å². The number of ether oxygens (including phenoxy) is 1. The van der Waals surface area contributed by atoms with E-state index < -0.39 is 0 Å². The number of nitrogens with two attached hydrogens (primary N) is 1. The summed E-state index contributed by atoms with van der Waals surface area (Å²) < 4.78 is 5.22. The fourth-order valence-electron chi connectivity index (χ4n) is 1.96. The van der Waals surface area contributed by atoms with Crippen LogP contribution < -0.4 is 10.5 Å². The summed E-state index contributed by atoms with van der Waals surface area (Å²) in [7, 11) is 3.84. The second-order valence-corrected chi connectivity index (χ2v) is 4.56. The molecule has 0 saturated heterocycles. The van der Waals surface area contributed by atoms with Gasteiger partial charge in [-0.25, -0.2) is 0 Å². The average Bonchev–Trinajstić information content (AvgIpc) is 2.36. The van der Waals surface area contributed by atoms with Crippen LogP contribution in [0.15, 0.2) is 24.3 Å². The van der Waals surface area contributed by atoms with Crippen LogP contribution in [0.1, 0.15) is 18.9 Å². The van der Waals surface area contributed by atoms with Gasteiger partial charge in [0.25, 0.3) is 0 Å². The molecule has 17 heavy (non-hydrogen) atoms. The van der Waals surface area contributed by atoms with Gasteiger partial charge in [-0.1, -0.05) is 25.5 Å². The van der Waals surface area contributed by atoms with Crippen LogP contribution in [0.2, 0.25) is 0 Å². The zero-order chi connectivity index (χ0) is 12.7. The normalized spacial score (nSPS) is 12.8. The van der Waals surface area contributed by atoms with Crippen LogP contribution in [0.25, 0.3) is 0 Å². The van der Waals surface area contributed by atoms with E-state index in [1.54, 1.807) is 7.11 Å². The molecule has 0 aliphatic rings. The number of nitrogens with zero attached hydrogens (tertiary/aromatic N) is 1. The molecule has 3 nitrogen and oxygen atoms in total. The molecule has 1 aromatic carbocycles. The first-order valence-electron chi connectivity index (χ1n) is 6.21. The summed E-state index contributed by atoms with van der Waals surface area (Å²) in [6, 6.07) is 8.21. The van der Waals surface area contributed by atoms with Gasteiger partial charge in [0.2, 0.25) is 0 Å². The monoisotopic (exact) mass is 236 g/mol. The Morgan fingerprint density at radius 3 is 2.76 bits per heavy atom. The van der Waals surface area contributed by atoms with Crippen molar-refractivity contribution >= 4 is 0 Å². The van der Waals surface area contributed by atoms with E-state index >= 15 is 0 Å². The quantitative estimate of drug-likeness (QED) is 0.788. The van der Waals surface area contributed by atoms with E-state index in [4.69, 9.17) is 10.5 Å². The van der Waals surface area contributed by atoms with Crippen molar-refractivity contribution in [2.75, 3.05) is 27.2 Å². The van der Waals surface area contributed by atoms with Crippen LogP contribution in [-0.2, 0) is 6.54 Å². The molecule has 0 saturated carbocycles. The van der Waals surface area contributed by atoms with Gasteiger partial charge in [0.05, 0.1) is 7.11 Å². The second-order valence-electron chi connectivity index (χ2n) is 4.56. The van der Waals surface area contributed by atoms with Crippen molar-refractivity contribution in [3.63, 3.8) is 0 Å². The Labute approximate surface area is 105 Å². The number of hydrogen-bond donors (Lipinski definition) is 1. The minimum absolute atomic E-state index is 0.589. The Morgan fingerprint density at radius 2 is 2.18 bits per heavy atom. The van der Waals surface area contributed by atoms with Gasteiger partial charge in [-0.2, -0.15) is 0 Å². The SMILES string of the molecule is CCC(CN)CN(C)Cc1cccc(OC)c1. The van der Waals surface area contributed by atoms with E-state index in [1.165, 1.54) is 5.56 Å². The Balaban J connectivity index is 2.52. The molecule has 1 unspecified atom stereocenters. The van der Waals surface area contributed by atoms with E-state index in [-0.39, 0.29) is 0 Å². The highest BCUT2D eigenvalue weighted by molar-refractivity contribution is 5.28. The van der Waals surface area contributed by atoms with Crippen molar-refractivity contribution in [3.05, 3.63) is 29.8 Å². The third-order valence-corrected chi connectivity index (χ3v) is 3.07. The number of hydrogen-bond acceptors (Lipinski definition) is 3. The van der Waals surface area contributed by atoms with Crippen molar-refractivity contribution < 1.29 is 4.74 Å². The lowest BCUT2D eigenvalue weighted by Gasteiger charge is -2.22. The summed E-state index contributed by atoms with van der Waals surface area (Å²) in [5.74, 6) is 1.51. The molecular formula is C14H24N2O. The fourth-order valence-corrected chi connectivity index (χ4v) is 1.96. The van der Waals surface area contributed by atoms with E-state index in [9.17, 15) is 0 Å². The molecule has 1 aromatic rings. The maximum Gasteiger partial charge on any atom is 0.119 e. The molecule has 1 rings (SSSR count). The topological polar surface area (TPSA) is 38.5 Å². The summed E-state index contributed by atoms with van der Waals surface area (Å²) >= 11 is 0. The molecule has 0 aromatic heterocycles. The Hall–Kier alpha value is -1.06. The summed E-state index contributed by atoms with van der Waals surface area (Å²) in [5.41, 5.74) is 7.00. The molecule has 0 spiro atoms. The van der Waals surface area contributed by atoms with Gasteiger partial charge in [0.1, 0.15) is 5.75 Å². The van der Waals surface area contributed by atoms with Crippen molar-refractivity contribution in [2.45, 2.75) is 19.9 Å². The zero-order valence-electron chi connectivity index (χ0n) is 11.1. The van der Waals surface area contributed by atoms with E-state index in [0.717, 1.165) is 31.8 Å². The third-order valence-electron chi connectivity index (χ3n) is 3.07. The molecule has 0 amide bonds. The third kappa shape index (κ3) is 4.75. The van der Waals surface area contributed by atoms with Gasteiger partial charge < -0.3 is 15.4 Å². The lowest BCUT2D eigenvalue weighted by atomic mass is 10.1. The smallest absolute Gasteiger partial charge is 0.119 e. The molecule has 0 heterocycles. The Morgan fingerprint density at radius 1 is 1.41 bits per heavy atom. The van der Waals surface area contributed by atoms with Crippen molar-refractivity contribution in [1.29, 1.82) is 0 Å². The first-order chi connectivity index (χ1) is 8.19. The highest BCUT2D eigenvalue weighted by Gasteiger charge is 2.08. The number of methoxy groups -OCH3 is 1. The number of rotatable bonds is 7. The predicted octanol–water partition coefficient (Wildman–Crippen LogP) is 2.11. The minimum atomic E-state index is 0.589. The van der Waals surface area contributed by atoms with Gasteiger partial charge >= 0.3 is 0 Å². The lowest BCUT2D eigenvalue weighted by molar-refractivity contribution is 0.267. The summed E-state index contributed by atoms with van der Waals surface area (Å²) in [5, 5.41) is 0. The van der Waals surface area contributed by atoms with Gasteiger partial charge in [0.15, 0.2) is 0 Å². The summed E-state index contributed by atoms with van der Waals surface area (Å²) in [6.07, 6.45) is 1.14. The zero-order valence-corrected chi connectivity index (χ0v) is 11.1. The minimum Gasteiger partial charge on any atom is -0.497 e. The molecule has 0 fully saturated rings. The first kappa shape index (κ1) is 14.0. The highest BCUT2D eigenvalue weighted by atomic mass is 16.5. The molecular weight excluding hydrogens is 212 g/mol. The standard InChI is InChI=1S/C14H24N2O/c1-4-12(9-15)10-16(2)11-13-6-5-7-14(8-13)17-3/h5-8,12H,4,9-11,15H2,1-3H3. The van der Waals surface area contributed by atoms with Crippen LogP contribution in [0, 0.1) is 5.92 Å². The van der Waals surface area contributed by atoms with E-state index in [0.29, 0.717) is 5.92 Å². The van der Waals surface area contributed by atoms with Crippen LogP contribution in [0.5, 0.6) is 5.75 Å².